The van der Waals surface area contributed by atoms with Crippen LogP contribution in [0.2, 0.25) is 0 Å². The molecule has 1 unspecified atom stereocenters. The lowest BCUT2D eigenvalue weighted by Crippen LogP contribution is -2.09. The molecule has 2 nitrogen and oxygen atoms in total. The van der Waals surface area contributed by atoms with Crippen LogP contribution in [0.3, 0.4) is 0 Å². The molecule has 0 radical (unpaired) electrons. The number of rotatable bonds is 3. The van der Waals surface area contributed by atoms with Crippen LogP contribution in [0.15, 0.2) is 24.3 Å². The van der Waals surface area contributed by atoms with E-state index in [0.29, 0.717) is 6.07 Å². The fourth-order valence-corrected chi connectivity index (χ4v) is 1.98. The predicted molar refractivity (Wildman–Crippen MR) is 68.1 cm³/mol. The largest absolute Gasteiger partial charge is 0.497 e. The van der Waals surface area contributed by atoms with Gasteiger partial charge in [0, 0.05) is 23.8 Å². The highest BCUT2D eigenvalue weighted by atomic mass is 19.1. The van der Waals surface area contributed by atoms with Gasteiger partial charge in [-0.25, -0.2) is 17.6 Å². The Kier molecular flexibility index (Phi) is 4.18. The number of hydrogen-bond donors (Lipinski definition) is 1. The van der Waals surface area contributed by atoms with Gasteiger partial charge >= 0.3 is 0 Å². The van der Waals surface area contributed by atoms with Crippen LogP contribution in [0.1, 0.15) is 22.8 Å². The van der Waals surface area contributed by atoms with E-state index in [-0.39, 0.29) is 11.3 Å². The van der Waals surface area contributed by atoms with Crippen LogP contribution in [0.5, 0.6) is 5.75 Å². The van der Waals surface area contributed by atoms with E-state index in [1.165, 1.54) is 14.0 Å². The molecule has 2 aromatic rings. The first kappa shape index (κ1) is 15.3. The van der Waals surface area contributed by atoms with Crippen LogP contribution in [0.4, 0.5) is 17.6 Å². The highest BCUT2D eigenvalue weighted by Crippen LogP contribution is 2.32. The molecule has 0 amide bonds. The van der Waals surface area contributed by atoms with Crippen LogP contribution in [-0.2, 0) is 0 Å². The number of halogens is 4. The summed E-state index contributed by atoms with van der Waals surface area (Å²) in [4.78, 5) is 0. The lowest BCUT2D eigenvalue weighted by Gasteiger charge is -2.16. The van der Waals surface area contributed by atoms with Crippen LogP contribution >= 0.6 is 0 Å². The summed E-state index contributed by atoms with van der Waals surface area (Å²) in [5, 5.41) is 10.0. The zero-order chi connectivity index (χ0) is 15.7. The number of methoxy groups -OCH3 is 1. The smallest absolute Gasteiger partial charge is 0.135 e. The third-order valence-electron chi connectivity index (χ3n) is 3.13. The summed E-state index contributed by atoms with van der Waals surface area (Å²) in [7, 11) is 1.23. The molecule has 0 aromatic heterocycles. The topological polar surface area (TPSA) is 29.5 Å². The second-order valence-electron chi connectivity index (χ2n) is 4.53. The summed E-state index contributed by atoms with van der Waals surface area (Å²) in [6.45, 7) is 1.35. The number of aliphatic hydroxyl groups excluding tert-OH is 1. The van der Waals surface area contributed by atoms with Gasteiger partial charge in [0.15, 0.2) is 0 Å². The Balaban J connectivity index is 2.55. The number of benzene rings is 2. The molecule has 1 N–H and O–H groups in total. The van der Waals surface area contributed by atoms with Crippen molar-refractivity contribution in [2.24, 2.45) is 0 Å². The van der Waals surface area contributed by atoms with Gasteiger partial charge in [0.25, 0.3) is 0 Å². The Labute approximate surface area is 118 Å². The molecule has 0 aliphatic heterocycles. The van der Waals surface area contributed by atoms with Gasteiger partial charge in [-0.2, -0.15) is 0 Å². The van der Waals surface area contributed by atoms with Crippen molar-refractivity contribution in [1.29, 1.82) is 0 Å². The van der Waals surface area contributed by atoms with Crippen LogP contribution in [0, 0.1) is 30.2 Å². The number of hydrogen-bond acceptors (Lipinski definition) is 2. The third kappa shape index (κ3) is 2.85. The van der Waals surface area contributed by atoms with Crippen LogP contribution in [-0.4, -0.2) is 12.2 Å². The minimum absolute atomic E-state index is 0.0554. The van der Waals surface area contributed by atoms with E-state index >= 15 is 0 Å². The van der Waals surface area contributed by atoms with Crippen LogP contribution in [0.25, 0.3) is 0 Å². The third-order valence-corrected chi connectivity index (χ3v) is 3.13. The van der Waals surface area contributed by atoms with Gasteiger partial charge in [-0.15, -0.1) is 0 Å². The molecular formula is C15H12F4O2. The summed E-state index contributed by atoms with van der Waals surface area (Å²) in [6.07, 6.45) is -1.89. The molecule has 0 saturated carbocycles. The highest BCUT2D eigenvalue weighted by Gasteiger charge is 2.24. The Morgan fingerprint density at radius 1 is 0.905 bits per heavy atom. The molecular weight excluding hydrogens is 288 g/mol. The summed E-state index contributed by atoms with van der Waals surface area (Å²) < 4.78 is 59.3. The quantitative estimate of drug-likeness (QED) is 0.877. The van der Waals surface area contributed by atoms with E-state index in [4.69, 9.17) is 0 Å². The summed E-state index contributed by atoms with van der Waals surface area (Å²) in [5.74, 6) is -4.13. The average Bonchev–Trinajstić information content (AvgIpc) is 2.41. The molecule has 1 atom stereocenters. The summed E-state index contributed by atoms with van der Waals surface area (Å²) in [6, 6.07) is 3.32. The first-order chi connectivity index (χ1) is 9.85. The van der Waals surface area contributed by atoms with E-state index in [1.54, 1.807) is 0 Å². The Hall–Kier alpha value is -2.08. The normalized spacial score (nSPS) is 12.3. The maximum atomic E-state index is 13.9. The molecule has 0 fully saturated rings. The van der Waals surface area contributed by atoms with E-state index in [9.17, 15) is 22.7 Å². The Morgan fingerprint density at radius 3 is 2.00 bits per heavy atom. The predicted octanol–water partition coefficient (Wildman–Crippen LogP) is 3.64. The number of aliphatic hydroxyl groups is 1. The van der Waals surface area contributed by atoms with E-state index in [0.717, 1.165) is 18.2 Å². The monoisotopic (exact) mass is 300 g/mol. The van der Waals surface area contributed by atoms with Crippen molar-refractivity contribution in [3.05, 3.63) is 64.2 Å². The molecule has 0 saturated heterocycles. The summed E-state index contributed by atoms with van der Waals surface area (Å²) in [5.41, 5.74) is -1.07. The van der Waals surface area contributed by atoms with Gasteiger partial charge < -0.3 is 9.84 Å². The molecule has 0 aliphatic carbocycles. The number of aryl methyl sites for hydroxylation is 1. The molecule has 0 spiro atoms. The lowest BCUT2D eigenvalue weighted by atomic mass is 9.98. The Bertz CT molecular complexity index is 663. The van der Waals surface area contributed by atoms with Crippen molar-refractivity contribution in [2.75, 3.05) is 7.11 Å². The molecule has 2 rings (SSSR count). The molecule has 21 heavy (non-hydrogen) atoms. The van der Waals surface area contributed by atoms with Crippen molar-refractivity contribution in [1.82, 2.24) is 0 Å². The van der Waals surface area contributed by atoms with Crippen molar-refractivity contribution in [2.45, 2.75) is 13.0 Å². The zero-order valence-electron chi connectivity index (χ0n) is 11.3. The maximum absolute atomic E-state index is 13.9. The van der Waals surface area contributed by atoms with Gasteiger partial charge in [-0.05, 0) is 18.6 Å². The molecule has 2 aromatic carbocycles. The van der Waals surface area contributed by atoms with Crippen molar-refractivity contribution >= 4 is 0 Å². The van der Waals surface area contributed by atoms with Crippen molar-refractivity contribution in [3.8, 4) is 5.75 Å². The maximum Gasteiger partial charge on any atom is 0.135 e. The minimum atomic E-state index is -1.89. The van der Waals surface area contributed by atoms with Gasteiger partial charge in [0.1, 0.15) is 35.1 Å². The van der Waals surface area contributed by atoms with E-state index in [1.807, 2.05) is 0 Å². The highest BCUT2D eigenvalue weighted by molar-refractivity contribution is 5.38. The van der Waals surface area contributed by atoms with Crippen molar-refractivity contribution in [3.63, 3.8) is 0 Å². The second-order valence-corrected chi connectivity index (χ2v) is 4.53. The standard InChI is InChI=1S/C15H12F4O2/c1-7-3-9(11(17)6-10(7)16)15(20)14-12(18)4-8(21-2)5-13(14)19/h3-6,15,20H,1-2H3. The van der Waals surface area contributed by atoms with Gasteiger partial charge in [-0.3, -0.25) is 0 Å². The van der Waals surface area contributed by atoms with E-state index < -0.39 is 40.5 Å². The lowest BCUT2D eigenvalue weighted by molar-refractivity contribution is 0.203. The molecule has 0 heterocycles. The first-order valence-electron chi connectivity index (χ1n) is 6.01. The molecule has 0 bridgehead atoms. The zero-order valence-corrected chi connectivity index (χ0v) is 11.3. The minimum Gasteiger partial charge on any atom is -0.497 e. The summed E-state index contributed by atoms with van der Waals surface area (Å²) >= 11 is 0. The SMILES string of the molecule is COc1cc(F)c(C(O)c2cc(C)c(F)cc2F)c(F)c1. The fourth-order valence-electron chi connectivity index (χ4n) is 1.98. The Morgan fingerprint density at radius 2 is 1.48 bits per heavy atom. The van der Waals surface area contributed by atoms with Crippen LogP contribution < -0.4 is 4.74 Å². The average molecular weight is 300 g/mol. The van der Waals surface area contributed by atoms with Gasteiger partial charge in [0.2, 0.25) is 0 Å². The molecule has 0 aliphatic rings. The molecule has 6 heteroatoms. The molecule has 112 valence electrons. The van der Waals surface area contributed by atoms with E-state index in [2.05, 4.69) is 4.74 Å². The van der Waals surface area contributed by atoms with Gasteiger partial charge in [-0.1, -0.05) is 0 Å². The van der Waals surface area contributed by atoms with Gasteiger partial charge in [0.05, 0.1) is 12.7 Å². The second kappa shape index (κ2) is 5.73. The first-order valence-corrected chi connectivity index (χ1v) is 6.01. The number of ether oxygens (including phenoxy) is 1. The fraction of sp³-hybridized carbons (Fsp3) is 0.200. The van der Waals surface area contributed by atoms with Crippen molar-refractivity contribution < 1.29 is 27.4 Å².